The van der Waals surface area contributed by atoms with E-state index in [2.05, 4.69) is 54.6 Å². The molecule has 1 heterocycles. The van der Waals surface area contributed by atoms with Crippen LogP contribution in [0.2, 0.25) is 0 Å². The first-order valence-corrected chi connectivity index (χ1v) is 7.41. The summed E-state index contributed by atoms with van der Waals surface area (Å²) in [5, 5.41) is 6.22. The molecule has 0 bridgehead atoms. The molecule has 98 valence electrons. The van der Waals surface area contributed by atoms with Gasteiger partial charge in [-0.2, -0.15) is 0 Å². The van der Waals surface area contributed by atoms with Crippen molar-refractivity contribution in [1.29, 1.82) is 0 Å². The van der Waals surface area contributed by atoms with Gasteiger partial charge >= 0.3 is 0 Å². The van der Waals surface area contributed by atoms with Crippen LogP contribution < -0.4 is 10.6 Å². The van der Waals surface area contributed by atoms with Gasteiger partial charge in [-0.3, -0.25) is 10.1 Å². The molecule has 2 rings (SSSR count). The molecule has 0 spiro atoms. The number of hydrogen-bond acceptors (Lipinski definition) is 2. The molecule has 1 amide bonds. The molecular formula is C13H16Br2N2O. The van der Waals surface area contributed by atoms with E-state index in [0.29, 0.717) is 6.42 Å². The normalized spacial score (nSPS) is 22.1. The van der Waals surface area contributed by atoms with Crippen molar-refractivity contribution < 1.29 is 4.79 Å². The summed E-state index contributed by atoms with van der Waals surface area (Å²) in [6, 6.07) is 3.97. The Kier molecular flexibility index (Phi) is 3.85. The predicted molar refractivity (Wildman–Crippen MR) is 79.4 cm³/mol. The van der Waals surface area contributed by atoms with E-state index in [9.17, 15) is 4.79 Å². The van der Waals surface area contributed by atoms with Crippen LogP contribution in [0.25, 0.3) is 0 Å². The molecule has 1 aromatic carbocycles. The summed E-state index contributed by atoms with van der Waals surface area (Å²) in [6.45, 7) is 5.97. The third kappa shape index (κ3) is 2.95. The maximum atomic E-state index is 11.8. The largest absolute Gasteiger partial charge is 0.337 e. The average Bonchev–Trinajstić information content (AvgIpc) is 2.48. The van der Waals surface area contributed by atoms with Gasteiger partial charge in [0.1, 0.15) is 0 Å². The summed E-state index contributed by atoms with van der Waals surface area (Å²) in [5.41, 5.74) is 1.98. The van der Waals surface area contributed by atoms with Crippen LogP contribution in [0, 0.1) is 6.92 Å². The van der Waals surface area contributed by atoms with Crippen LogP contribution in [-0.4, -0.2) is 17.6 Å². The molecule has 5 heteroatoms. The standard InChI is InChI=1S/C13H16Br2N2O/c1-7-9(14)4-8(5-10(7)15)6-11-12(18)17-13(2,3)16-11/h4-5,11,16H,6H2,1-3H3,(H,17,18)/t11-/m0/s1. The van der Waals surface area contributed by atoms with Crippen molar-refractivity contribution in [2.75, 3.05) is 0 Å². The lowest BCUT2D eigenvalue weighted by molar-refractivity contribution is -0.120. The Morgan fingerprint density at radius 3 is 2.28 bits per heavy atom. The minimum absolute atomic E-state index is 0.0628. The number of rotatable bonds is 2. The van der Waals surface area contributed by atoms with E-state index in [1.165, 1.54) is 5.56 Å². The van der Waals surface area contributed by atoms with Gasteiger partial charge in [-0.15, -0.1) is 0 Å². The molecular weight excluding hydrogens is 360 g/mol. The van der Waals surface area contributed by atoms with E-state index in [0.717, 1.165) is 14.5 Å². The summed E-state index contributed by atoms with van der Waals surface area (Å²) in [6.07, 6.45) is 0.687. The van der Waals surface area contributed by atoms with Gasteiger partial charge in [-0.1, -0.05) is 31.9 Å². The van der Waals surface area contributed by atoms with Crippen molar-refractivity contribution in [3.8, 4) is 0 Å². The first-order chi connectivity index (χ1) is 8.28. The molecule has 0 aromatic heterocycles. The summed E-state index contributed by atoms with van der Waals surface area (Å²) in [7, 11) is 0. The highest BCUT2D eigenvalue weighted by Crippen LogP contribution is 2.27. The number of carbonyl (C=O) groups excluding carboxylic acids is 1. The first-order valence-electron chi connectivity index (χ1n) is 5.83. The van der Waals surface area contributed by atoms with Gasteiger partial charge in [-0.25, -0.2) is 0 Å². The fourth-order valence-corrected chi connectivity index (χ4v) is 3.41. The van der Waals surface area contributed by atoms with Gasteiger partial charge in [0, 0.05) is 8.95 Å². The fraction of sp³-hybridized carbons (Fsp3) is 0.462. The van der Waals surface area contributed by atoms with Crippen LogP contribution in [0.5, 0.6) is 0 Å². The number of amides is 1. The lowest BCUT2D eigenvalue weighted by Crippen LogP contribution is -2.44. The average molecular weight is 376 g/mol. The highest BCUT2D eigenvalue weighted by atomic mass is 79.9. The zero-order valence-electron chi connectivity index (χ0n) is 10.6. The zero-order valence-corrected chi connectivity index (χ0v) is 13.8. The van der Waals surface area contributed by atoms with Gasteiger partial charge in [0.2, 0.25) is 5.91 Å². The maximum Gasteiger partial charge on any atom is 0.238 e. The number of nitrogens with one attached hydrogen (secondary N) is 2. The van der Waals surface area contributed by atoms with Crippen molar-refractivity contribution in [2.45, 2.75) is 38.9 Å². The smallest absolute Gasteiger partial charge is 0.238 e. The SMILES string of the molecule is Cc1c(Br)cc(C[C@@H]2NC(C)(C)NC2=O)cc1Br. The van der Waals surface area contributed by atoms with Crippen LogP contribution in [0.3, 0.4) is 0 Å². The first kappa shape index (κ1) is 14.0. The maximum absolute atomic E-state index is 11.8. The summed E-state index contributed by atoms with van der Waals surface area (Å²) >= 11 is 7.07. The van der Waals surface area contributed by atoms with Gasteiger partial charge < -0.3 is 5.32 Å². The Bertz CT molecular complexity index is 477. The summed E-state index contributed by atoms with van der Waals surface area (Å²) in [4.78, 5) is 11.8. The Labute approximate surface area is 124 Å². The van der Waals surface area contributed by atoms with E-state index in [1.54, 1.807) is 0 Å². The lowest BCUT2D eigenvalue weighted by atomic mass is 10.0. The molecule has 0 aliphatic carbocycles. The van der Waals surface area contributed by atoms with Crippen molar-refractivity contribution in [3.63, 3.8) is 0 Å². The predicted octanol–water partition coefficient (Wildman–Crippen LogP) is 2.89. The summed E-state index contributed by atoms with van der Waals surface area (Å²) in [5.74, 6) is 0.0628. The zero-order chi connectivity index (χ0) is 13.5. The van der Waals surface area contributed by atoms with Crippen LogP contribution in [0.15, 0.2) is 21.1 Å². The molecule has 1 aromatic rings. The molecule has 1 atom stereocenters. The van der Waals surface area contributed by atoms with Crippen LogP contribution >= 0.6 is 31.9 Å². The van der Waals surface area contributed by atoms with Crippen molar-refractivity contribution >= 4 is 37.8 Å². The second-order valence-corrected chi connectivity index (χ2v) is 6.91. The Balaban J connectivity index is 2.18. The number of benzene rings is 1. The fourth-order valence-electron chi connectivity index (χ4n) is 2.13. The molecule has 1 aliphatic heterocycles. The van der Waals surface area contributed by atoms with Crippen molar-refractivity contribution in [1.82, 2.24) is 10.6 Å². The number of halogens is 2. The molecule has 2 N–H and O–H groups in total. The lowest BCUT2D eigenvalue weighted by Gasteiger charge is -2.18. The van der Waals surface area contributed by atoms with E-state index < -0.39 is 0 Å². The molecule has 1 saturated heterocycles. The van der Waals surface area contributed by atoms with E-state index in [1.807, 2.05) is 20.8 Å². The van der Waals surface area contributed by atoms with Crippen LogP contribution in [0.1, 0.15) is 25.0 Å². The highest BCUT2D eigenvalue weighted by molar-refractivity contribution is 9.11. The Morgan fingerprint density at radius 2 is 1.83 bits per heavy atom. The molecule has 18 heavy (non-hydrogen) atoms. The third-order valence-electron chi connectivity index (χ3n) is 3.07. The molecule has 0 radical (unpaired) electrons. The highest BCUT2D eigenvalue weighted by Gasteiger charge is 2.36. The Hall–Kier alpha value is -0.390. The third-order valence-corrected chi connectivity index (χ3v) is 4.72. The van der Waals surface area contributed by atoms with E-state index in [-0.39, 0.29) is 17.6 Å². The molecule has 3 nitrogen and oxygen atoms in total. The number of hydrogen-bond donors (Lipinski definition) is 2. The van der Waals surface area contributed by atoms with Gasteiger partial charge in [0.25, 0.3) is 0 Å². The number of carbonyl (C=O) groups is 1. The quantitative estimate of drug-likeness (QED) is 0.834. The van der Waals surface area contributed by atoms with Crippen LogP contribution in [0.4, 0.5) is 0 Å². The van der Waals surface area contributed by atoms with Gasteiger partial charge in [0.05, 0.1) is 11.7 Å². The van der Waals surface area contributed by atoms with Crippen molar-refractivity contribution in [3.05, 3.63) is 32.2 Å². The van der Waals surface area contributed by atoms with Crippen LogP contribution in [-0.2, 0) is 11.2 Å². The Morgan fingerprint density at radius 1 is 1.28 bits per heavy atom. The molecule has 0 unspecified atom stereocenters. The van der Waals surface area contributed by atoms with E-state index in [4.69, 9.17) is 0 Å². The second kappa shape index (κ2) is 4.94. The second-order valence-electron chi connectivity index (χ2n) is 5.20. The minimum atomic E-state index is -0.319. The monoisotopic (exact) mass is 374 g/mol. The van der Waals surface area contributed by atoms with Gasteiger partial charge in [-0.05, 0) is 50.5 Å². The van der Waals surface area contributed by atoms with E-state index >= 15 is 0 Å². The minimum Gasteiger partial charge on any atom is -0.337 e. The topological polar surface area (TPSA) is 41.1 Å². The molecule has 1 aliphatic rings. The molecule has 0 saturated carbocycles. The van der Waals surface area contributed by atoms with Crippen molar-refractivity contribution in [2.24, 2.45) is 0 Å². The van der Waals surface area contributed by atoms with Gasteiger partial charge in [0.15, 0.2) is 0 Å². The molecule has 1 fully saturated rings. The summed E-state index contributed by atoms with van der Waals surface area (Å²) < 4.78 is 2.12.